The van der Waals surface area contributed by atoms with E-state index in [1.54, 1.807) is 6.92 Å². The van der Waals surface area contributed by atoms with Gasteiger partial charge in [0.15, 0.2) is 10.8 Å². The van der Waals surface area contributed by atoms with Crippen molar-refractivity contribution in [1.29, 1.82) is 0 Å². The number of hydrazone groups is 2. The number of anilines is 2. The van der Waals surface area contributed by atoms with E-state index in [0.29, 0.717) is 5.04 Å². The van der Waals surface area contributed by atoms with Crippen molar-refractivity contribution >= 4 is 55.6 Å². The fraction of sp³-hybridized carbons (Fsp3) is 0.192. The first-order chi connectivity index (χ1) is 16.0. The number of hydrogen-bond acceptors (Lipinski definition) is 6. The zero-order chi connectivity index (χ0) is 23.0. The Hall–Kier alpha value is -2.90. The van der Waals surface area contributed by atoms with Crippen LogP contribution in [-0.4, -0.2) is 21.5 Å². The lowest BCUT2D eigenvalue weighted by Crippen LogP contribution is -2.56. The van der Waals surface area contributed by atoms with Crippen LogP contribution in [0.25, 0.3) is 0 Å². The van der Waals surface area contributed by atoms with Crippen molar-refractivity contribution in [1.82, 2.24) is 0 Å². The van der Waals surface area contributed by atoms with Crippen LogP contribution in [0.4, 0.5) is 11.4 Å². The van der Waals surface area contributed by atoms with Gasteiger partial charge in [0.25, 0.3) is 0 Å². The molecule has 166 valence electrons. The molecule has 2 heterocycles. The second-order valence-corrected chi connectivity index (χ2v) is 10.3. The maximum atomic E-state index is 12.4. The van der Waals surface area contributed by atoms with Crippen LogP contribution in [0.2, 0.25) is 0 Å². The fourth-order valence-electron chi connectivity index (χ4n) is 4.07. The number of hydrogen-bond donors (Lipinski definition) is 0. The molecule has 1 spiro atoms. The van der Waals surface area contributed by atoms with Gasteiger partial charge in [-0.2, -0.15) is 10.2 Å². The zero-order valence-electron chi connectivity index (χ0n) is 18.4. The van der Waals surface area contributed by atoms with E-state index in [1.807, 2.05) is 40.3 Å². The summed E-state index contributed by atoms with van der Waals surface area (Å²) in [7, 11) is 0. The topological polar surface area (TPSA) is 48.3 Å². The minimum Gasteiger partial charge on any atom is -0.292 e. The third-order valence-corrected chi connectivity index (χ3v) is 7.75. The Morgan fingerprint density at radius 2 is 1.55 bits per heavy atom. The highest BCUT2D eigenvalue weighted by Gasteiger charge is 2.52. The quantitative estimate of drug-likeness (QED) is 0.391. The van der Waals surface area contributed by atoms with Crippen molar-refractivity contribution in [2.75, 3.05) is 10.0 Å². The maximum absolute atomic E-state index is 12.4. The number of benzene rings is 3. The van der Waals surface area contributed by atoms with Crippen LogP contribution < -0.4 is 10.0 Å². The van der Waals surface area contributed by atoms with Crippen molar-refractivity contribution in [2.24, 2.45) is 10.2 Å². The van der Waals surface area contributed by atoms with Crippen molar-refractivity contribution < 1.29 is 4.79 Å². The average Bonchev–Trinajstić information content (AvgIpc) is 3.21. The number of halogens is 1. The lowest BCUT2D eigenvalue weighted by atomic mass is 10.0. The number of carbonyl (C=O) groups is 1. The first-order valence-corrected chi connectivity index (χ1v) is 12.4. The van der Waals surface area contributed by atoms with Crippen LogP contribution in [0, 0.1) is 6.92 Å². The van der Waals surface area contributed by atoms with E-state index in [9.17, 15) is 4.79 Å². The van der Waals surface area contributed by atoms with Crippen molar-refractivity contribution in [3.05, 3.63) is 94.5 Å². The molecule has 0 fully saturated rings. The molecule has 3 aromatic rings. The van der Waals surface area contributed by atoms with E-state index in [0.717, 1.165) is 40.0 Å². The average molecular weight is 519 g/mol. The third-order valence-electron chi connectivity index (χ3n) is 5.78. The number of ketones is 1. The van der Waals surface area contributed by atoms with Gasteiger partial charge < -0.3 is 0 Å². The van der Waals surface area contributed by atoms with Crippen LogP contribution in [-0.2, 0) is 4.79 Å². The predicted molar refractivity (Wildman–Crippen MR) is 141 cm³/mol. The van der Waals surface area contributed by atoms with Gasteiger partial charge in [0.2, 0.25) is 4.99 Å². The summed E-state index contributed by atoms with van der Waals surface area (Å²) in [6.07, 6.45) is 1.51. The number of nitrogens with zero attached hydrogens (tertiary/aromatic N) is 4. The molecule has 0 saturated heterocycles. The highest BCUT2D eigenvalue weighted by molar-refractivity contribution is 9.10. The number of para-hydroxylation sites is 1. The summed E-state index contributed by atoms with van der Waals surface area (Å²) in [6.45, 7) is 3.64. The molecule has 0 unspecified atom stereocenters. The number of carbonyl (C=O) groups excluding carboxylic acids is 1. The number of thioether (sulfide) groups is 1. The van der Waals surface area contributed by atoms with E-state index in [1.165, 1.54) is 17.3 Å². The van der Waals surface area contributed by atoms with Crippen LogP contribution >= 0.6 is 27.7 Å². The highest BCUT2D eigenvalue weighted by atomic mass is 79.9. The third kappa shape index (κ3) is 4.11. The Kier molecular flexibility index (Phi) is 5.85. The molecule has 0 saturated carbocycles. The standard InChI is InChI=1S/C26H23BrN4OS/c1-18-8-14-23(15-9-18)31-26(33-25(29-31)19(2)32)17-16-24(20-10-12-21(27)13-11-20)28-30(26)22-6-4-3-5-7-22/h3-15H,16-17H2,1-2H3/t26-/m0/s1. The number of aryl methyl sites for hydroxylation is 1. The molecular weight excluding hydrogens is 496 g/mol. The maximum Gasteiger partial charge on any atom is 0.208 e. The molecule has 0 amide bonds. The molecule has 1 atom stereocenters. The van der Waals surface area contributed by atoms with Crippen molar-refractivity contribution in [3.63, 3.8) is 0 Å². The van der Waals surface area contributed by atoms with Crippen LogP contribution in [0.15, 0.2) is 93.5 Å². The Morgan fingerprint density at radius 3 is 2.21 bits per heavy atom. The van der Waals surface area contributed by atoms with Gasteiger partial charge in [-0.3, -0.25) is 4.79 Å². The minimum atomic E-state index is -0.670. The summed E-state index contributed by atoms with van der Waals surface area (Å²) in [6, 6.07) is 26.6. The Bertz CT molecular complexity index is 1240. The Morgan fingerprint density at radius 1 is 0.909 bits per heavy atom. The lowest BCUT2D eigenvalue weighted by Gasteiger charge is -2.46. The fourth-order valence-corrected chi connectivity index (χ4v) is 5.58. The van der Waals surface area contributed by atoms with Crippen LogP contribution in [0.5, 0.6) is 0 Å². The second kappa shape index (κ2) is 8.80. The summed E-state index contributed by atoms with van der Waals surface area (Å²) in [5.74, 6) is -0.0373. The Labute approximate surface area is 206 Å². The van der Waals surface area contributed by atoms with Gasteiger partial charge in [0, 0.05) is 17.8 Å². The van der Waals surface area contributed by atoms with Crippen molar-refractivity contribution in [3.8, 4) is 0 Å². The van der Waals surface area contributed by atoms with Crippen LogP contribution in [0.1, 0.15) is 30.9 Å². The second-order valence-electron chi connectivity index (χ2n) is 8.15. The van der Waals surface area contributed by atoms with Crippen molar-refractivity contribution in [2.45, 2.75) is 31.7 Å². The van der Waals surface area contributed by atoms with Gasteiger partial charge in [-0.25, -0.2) is 10.0 Å². The molecule has 0 aliphatic carbocycles. The first-order valence-electron chi connectivity index (χ1n) is 10.8. The molecule has 0 N–H and O–H groups in total. The van der Waals surface area contributed by atoms with E-state index in [-0.39, 0.29) is 5.78 Å². The summed E-state index contributed by atoms with van der Waals surface area (Å²) < 4.78 is 1.04. The van der Waals surface area contributed by atoms with Gasteiger partial charge in [-0.1, -0.05) is 64.0 Å². The van der Waals surface area contributed by atoms with E-state index >= 15 is 0 Å². The summed E-state index contributed by atoms with van der Waals surface area (Å²) >= 11 is 5.01. The zero-order valence-corrected chi connectivity index (χ0v) is 20.8. The molecule has 2 aliphatic rings. The summed E-state index contributed by atoms with van der Waals surface area (Å²) in [5.41, 5.74) is 5.17. The monoisotopic (exact) mass is 518 g/mol. The van der Waals surface area contributed by atoms with E-state index < -0.39 is 4.99 Å². The summed E-state index contributed by atoms with van der Waals surface area (Å²) in [5, 5.41) is 14.5. The molecule has 2 aliphatic heterocycles. The molecule has 7 heteroatoms. The molecular formula is C26H23BrN4OS. The predicted octanol–water partition coefficient (Wildman–Crippen LogP) is 6.57. The molecule has 0 radical (unpaired) electrons. The molecule has 33 heavy (non-hydrogen) atoms. The normalized spacial score (nSPS) is 20.1. The number of rotatable bonds is 4. The SMILES string of the molecule is CC(=O)C1=NN(c2ccc(C)cc2)[C@@]2(CCC(c3ccc(Br)cc3)=NN2c2ccccc2)S1. The van der Waals surface area contributed by atoms with Gasteiger partial charge >= 0.3 is 0 Å². The molecule has 5 nitrogen and oxygen atoms in total. The first kappa shape index (κ1) is 21.9. The van der Waals surface area contributed by atoms with E-state index in [4.69, 9.17) is 10.2 Å². The van der Waals surface area contributed by atoms with Gasteiger partial charge in [0.1, 0.15) is 0 Å². The van der Waals surface area contributed by atoms with Crippen LogP contribution in [0.3, 0.4) is 0 Å². The van der Waals surface area contributed by atoms with Gasteiger partial charge in [-0.15, -0.1) is 0 Å². The number of Topliss-reactive ketones (excluding diaryl/α,β-unsaturated/α-hetero) is 1. The lowest BCUT2D eigenvalue weighted by molar-refractivity contribution is -0.110. The largest absolute Gasteiger partial charge is 0.292 e. The Balaban J connectivity index is 1.66. The molecule has 5 rings (SSSR count). The smallest absolute Gasteiger partial charge is 0.208 e. The van der Waals surface area contributed by atoms with E-state index in [2.05, 4.69) is 71.4 Å². The van der Waals surface area contributed by atoms with Gasteiger partial charge in [0.05, 0.1) is 17.1 Å². The summed E-state index contributed by atoms with van der Waals surface area (Å²) in [4.78, 5) is 11.8. The highest BCUT2D eigenvalue weighted by Crippen LogP contribution is 2.50. The molecule has 3 aromatic carbocycles. The molecule has 0 bridgehead atoms. The molecule has 0 aromatic heterocycles. The minimum absolute atomic E-state index is 0.0373. The van der Waals surface area contributed by atoms with Gasteiger partial charge in [-0.05, 0) is 67.1 Å².